The van der Waals surface area contributed by atoms with E-state index in [1.807, 2.05) is 18.5 Å². The molecule has 0 fully saturated rings. The van der Waals surface area contributed by atoms with Gasteiger partial charge < -0.3 is 4.42 Å². The molecule has 0 saturated carbocycles. The first kappa shape index (κ1) is 39.5. The van der Waals surface area contributed by atoms with Crippen LogP contribution in [0.15, 0.2) is 260 Å². The molecular formula is C62H42N4OSi2. The molecule has 7 heteroatoms. The van der Waals surface area contributed by atoms with Crippen LogP contribution in [-0.4, -0.2) is 30.5 Å². The van der Waals surface area contributed by atoms with Gasteiger partial charge in [0, 0.05) is 51.9 Å². The van der Waals surface area contributed by atoms with Crippen LogP contribution in [0.5, 0.6) is 0 Å². The summed E-state index contributed by atoms with van der Waals surface area (Å²) < 4.78 is 9.02. The Labute approximate surface area is 400 Å². The molecule has 1 aliphatic heterocycles. The molecular weight excluding hydrogens is 873 g/mol. The van der Waals surface area contributed by atoms with Crippen molar-refractivity contribution < 1.29 is 4.42 Å². The van der Waals surface area contributed by atoms with Crippen LogP contribution >= 0.6 is 0 Å². The summed E-state index contributed by atoms with van der Waals surface area (Å²) in [5.41, 5.74) is 6.04. The van der Waals surface area contributed by atoms with Gasteiger partial charge in [0.05, 0.1) is 11.2 Å². The number of benzene rings is 9. The molecule has 0 saturated heterocycles. The van der Waals surface area contributed by atoms with E-state index in [0.717, 1.165) is 55.7 Å². The quantitative estimate of drug-likeness (QED) is 0.0909. The SMILES string of the molecule is c1ccc([Si](c2ccccc2)(c2ccc3c(c2)N(c2ccccn2)c2cc4oc5ccccc5c4cc2[Si]3(c2ccccc2)c2ccccc2)c2ccc3c4ccccc4n4ccnc4c3c2)cc1. The maximum Gasteiger partial charge on any atom is 0.184 e. The third-order valence-electron chi connectivity index (χ3n) is 14.7. The highest BCUT2D eigenvalue weighted by molar-refractivity contribution is 7.22. The zero-order chi connectivity index (χ0) is 45.5. The highest BCUT2D eigenvalue weighted by Crippen LogP contribution is 2.41. The van der Waals surface area contributed by atoms with Crippen LogP contribution in [0.3, 0.4) is 0 Å². The van der Waals surface area contributed by atoms with E-state index < -0.39 is 16.1 Å². The summed E-state index contributed by atoms with van der Waals surface area (Å²) in [6.07, 6.45) is 5.92. The van der Waals surface area contributed by atoms with Crippen molar-refractivity contribution >= 4 is 124 Å². The lowest BCUT2D eigenvalue weighted by molar-refractivity contribution is 0.669. The third kappa shape index (κ3) is 5.69. The number of fused-ring (bicyclic) bond motifs is 11. The second-order valence-corrected chi connectivity index (χ2v) is 25.6. The van der Waals surface area contributed by atoms with Crippen molar-refractivity contribution in [1.82, 2.24) is 14.4 Å². The maximum absolute atomic E-state index is 6.78. The van der Waals surface area contributed by atoms with Crippen molar-refractivity contribution in [3.05, 3.63) is 255 Å². The van der Waals surface area contributed by atoms with Crippen LogP contribution in [-0.2, 0) is 0 Å². The minimum atomic E-state index is -3.19. The molecule has 0 aliphatic carbocycles. The van der Waals surface area contributed by atoms with Crippen LogP contribution in [0.4, 0.5) is 17.2 Å². The van der Waals surface area contributed by atoms with E-state index in [0.29, 0.717) is 0 Å². The van der Waals surface area contributed by atoms with E-state index in [2.05, 4.69) is 246 Å². The van der Waals surface area contributed by atoms with Crippen LogP contribution in [0.25, 0.3) is 49.3 Å². The van der Waals surface area contributed by atoms with Gasteiger partial charge in [0.15, 0.2) is 16.1 Å². The van der Waals surface area contributed by atoms with E-state index in [-0.39, 0.29) is 0 Å². The minimum Gasteiger partial charge on any atom is -0.456 e. The molecule has 0 radical (unpaired) electrons. The molecule has 4 aromatic heterocycles. The van der Waals surface area contributed by atoms with Gasteiger partial charge in [0.2, 0.25) is 0 Å². The van der Waals surface area contributed by atoms with Gasteiger partial charge in [0.25, 0.3) is 0 Å². The Kier molecular flexibility index (Phi) is 8.86. The lowest BCUT2D eigenvalue weighted by Crippen LogP contribution is -2.78. The number of hydrogen-bond acceptors (Lipinski definition) is 4. The predicted molar refractivity (Wildman–Crippen MR) is 291 cm³/mol. The number of imidazole rings is 1. The molecule has 5 heterocycles. The fourth-order valence-electron chi connectivity index (χ4n) is 11.9. The van der Waals surface area contributed by atoms with Gasteiger partial charge in [-0.05, 0) is 83.3 Å². The van der Waals surface area contributed by atoms with Gasteiger partial charge in [-0.15, -0.1) is 0 Å². The molecule has 0 atom stereocenters. The van der Waals surface area contributed by atoms with Gasteiger partial charge in [0.1, 0.15) is 22.6 Å². The average Bonchev–Trinajstić information content (AvgIpc) is 4.07. The van der Waals surface area contributed by atoms with E-state index in [1.54, 1.807) is 0 Å². The molecule has 9 aromatic carbocycles. The lowest BCUT2D eigenvalue weighted by atomic mass is 10.1. The topological polar surface area (TPSA) is 46.6 Å². The zero-order valence-electron chi connectivity index (χ0n) is 37.4. The Morgan fingerprint density at radius 2 is 1.00 bits per heavy atom. The number of aromatic nitrogens is 3. The Morgan fingerprint density at radius 3 is 1.71 bits per heavy atom. The summed E-state index contributed by atoms with van der Waals surface area (Å²) >= 11 is 0. The summed E-state index contributed by atoms with van der Waals surface area (Å²) in [6.45, 7) is 0. The van der Waals surface area contributed by atoms with Gasteiger partial charge in [-0.2, -0.15) is 0 Å². The first-order valence-electron chi connectivity index (χ1n) is 23.5. The van der Waals surface area contributed by atoms with E-state index in [1.165, 1.54) is 52.3 Å². The molecule has 0 N–H and O–H groups in total. The van der Waals surface area contributed by atoms with Crippen LogP contribution in [0.2, 0.25) is 0 Å². The second kappa shape index (κ2) is 15.5. The fourth-order valence-corrected chi connectivity index (χ4v) is 21.7. The molecule has 324 valence electrons. The van der Waals surface area contributed by atoms with Crippen molar-refractivity contribution in [1.29, 1.82) is 0 Å². The van der Waals surface area contributed by atoms with Gasteiger partial charge >= 0.3 is 0 Å². The summed E-state index contributed by atoms with van der Waals surface area (Å²) in [5.74, 6) is 0.849. The molecule has 14 rings (SSSR count). The molecule has 69 heavy (non-hydrogen) atoms. The molecule has 0 bridgehead atoms. The highest BCUT2D eigenvalue weighted by Gasteiger charge is 2.51. The largest absolute Gasteiger partial charge is 0.456 e. The van der Waals surface area contributed by atoms with E-state index in [4.69, 9.17) is 14.4 Å². The van der Waals surface area contributed by atoms with E-state index >= 15 is 0 Å². The van der Waals surface area contributed by atoms with Crippen LogP contribution in [0, 0.1) is 0 Å². The summed E-state index contributed by atoms with van der Waals surface area (Å²) in [6, 6.07) is 87.9. The molecule has 0 spiro atoms. The number of hydrogen-bond donors (Lipinski definition) is 0. The Morgan fingerprint density at radius 1 is 0.391 bits per heavy atom. The first-order valence-corrected chi connectivity index (χ1v) is 27.5. The molecule has 0 amide bonds. The standard InChI is InChI=1S/C62H42N4OSi2/c1-5-19-43(20-6-1)68(44-21-7-2-8-22-44,47-32-34-49-50-27-13-15-29-54(50)65-38-37-64-62(65)53(49)39-47)48-33-35-59-55(40-48)66(61-31-17-18-36-63-61)56-42-58-52(51-28-14-16-30-57(51)67-58)41-60(56)69(59,45-23-9-3-10-24-45)46-25-11-4-12-26-46/h1-42H. The van der Waals surface area contributed by atoms with Crippen molar-refractivity contribution in [2.45, 2.75) is 0 Å². The highest BCUT2D eigenvalue weighted by atomic mass is 28.3. The number of anilines is 3. The maximum atomic E-state index is 6.78. The van der Waals surface area contributed by atoms with Gasteiger partial charge in [-0.1, -0.05) is 194 Å². The molecule has 0 unspecified atom stereocenters. The molecule has 13 aromatic rings. The summed E-state index contributed by atoms with van der Waals surface area (Å²) in [5, 5.41) is 16.2. The lowest BCUT2D eigenvalue weighted by Gasteiger charge is -2.45. The zero-order valence-corrected chi connectivity index (χ0v) is 39.4. The number of pyridine rings is 2. The average molecular weight is 915 g/mol. The monoisotopic (exact) mass is 914 g/mol. The third-order valence-corrected chi connectivity index (χ3v) is 24.3. The minimum absolute atomic E-state index is 0.849. The number of furan rings is 1. The van der Waals surface area contributed by atoms with Crippen LogP contribution in [0.1, 0.15) is 0 Å². The second-order valence-electron chi connectivity index (χ2n) is 18.1. The summed E-state index contributed by atoms with van der Waals surface area (Å²) in [7, 11) is -6.33. The first-order chi connectivity index (χ1) is 34.2. The van der Waals surface area contributed by atoms with Crippen LogP contribution < -0.4 is 46.4 Å². The summed E-state index contributed by atoms with van der Waals surface area (Å²) in [4.78, 5) is 12.6. The number of rotatable bonds is 7. The van der Waals surface area contributed by atoms with E-state index in [9.17, 15) is 0 Å². The number of para-hydroxylation sites is 2. The van der Waals surface area contributed by atoms with Crippen molar-refractivity contribution in [3.8, 4) is 0 Å². The molecule has 1 aliphatic rings. The smallest absolute Gasteiger partial charge is 0.184 e. The van der Waals surface area contributed by atoms with Crippen molar-refractivity contribution in [2.75, 3.05) is 4.90 Å². The predicted octanol–water partition coefficient (Wildman–Crippen LogP) is 9.47. The Hall–Kier alpha value is -8.63. The van der Waals surface area contributed by atoms with Crippen molar-refractivity contribution in [3.63, 3.8) is 0 Å². The normalized spacial score (nSPS) is 13.3. The fraction of sp³-hybridized carbons (Fsp3) is 0. The number of nitrogens with zero attached hydrogens (tertiary/aromatic N) is 4. The van der Waals surface area contributed by atoms with Gasteiger partial charge in [-0.25, -0.2) is 9.97 Å². The molecule has 5 nitrogen and oxygen atoms in total. The van der Waals surface area contributed by atoms with Gasteiger partial charge in [-0.3, -0.25) is 9.30 Å². The Bertz CT molecular complexity index is 4010. The van der Waals surface area contributed by atoms with Crippen molar-refractivity contribution in [2.24, 2.45) is 0 Å². The Balaban J connectivity index is 1.15.